The van der Waals surface area contributed by atoms with Crippen molar-refractivity contribution in [1.82, 2.24) is 0 Å². The first-order valence-corrected chi connectivity index (χ1v) is 5.10. The van der Waals surface area contributed by atoms with E-state index in [2.05, 4.69) is 15.9 Å². The number of aliphatic hydroxyl groups excluding tert-OH is 1. The molecule has 2 nitrogen and oxygen atoms in total. The van der Waals surface area contributed by atoms with Crippen LogP contribution in [-0.2, 0) is 12.8 Å². The Morgan fingerprint density at radius 2 is 2.00 bits per heavy atom. The molecule has 1 aromatic carbocycles. The Bertz CT molecular complexity index is 531. The van der Waals surface area contributed by atoms with Gasteiger partial charge in [-0.2, -0.15) is 13.2 Å². The van der Waals surface area contributed by atoms with Crippen LogP contribution in [-0.4, -0.2) is 5.11 Å². The van der Waals surface area contributed by atoms with Gasteiger partial charge in [0.2, 0.25) is 0 Å². The van der Waals surface area contributed by atoms with E-state index >= 15 is 0 Å². The molecular weight excluding hydrogens is 289 g/mol. The Morgan fingerprint density at radius 3 is 2.56 bits per heavy atom. The zero-order valence-electron chi connectivity index (χ0n) is 7.81. The summed E-state index contributed by atoms with van der Waals surface area (Å²) in [4.78, 5) is 0. The number of rotatable bonds is 1. The lowest BCUT2D eigenvalue weighted by molar-refractivity contribution is -0.136. The molecule has 2 rings (SSSR count). The lowest BCUT2D eigenvalue weighted by Gasteiger charge is -2.04. The minimum Gasteiger partial charge on any atom is -0.463 e. The first-order chi connectivity index (χ1) is 7.43. The van der Waals surface area contributed by atoms with Crippen LogP contribution < -0.4 is 0 Å². The highest BCUT2D eigenvalue weighted by Gasteiger charge is 2.35. The third-order valence-corrected chi connectivity index (χ3v) is 2.77. The summed E-state index contributed by atoms with van der Waals surface area (Å²) in [5, 5.41) is 8.87. The molecule has 0 aliphatic rings. The summed E-state index contributed by atoms with van der Waals surface area (Å²) in [6.45, 7) is -0.322. The Balaban J connectivity index is 2.75. The second kappa shape index (κ2) is 3.78. The lowest BCUT2D eigenvalue weighted by Crippen LogP contribution is -2.03. The summed E-state index contributed by atoms with van der Waals surface area (Å²) in [7, 11) is 0. The van der Waals surface area contributed by atoms with Gasteiger partial charge in [-0.3, -0.25) is 0 Å². The molecule has 1 N–H and O–H groups in total. The molecule has 0 aliphatic heterocycles. The van der Waals surface area contributed by atoms with Crippen LogP contribution in [0.5, 0.6) is 0 Å². The highest BCUT2D eigenvalue weighted by molar-refractivity contribution is 9.10. The summed E-state index contributed by atoms with van der Waals surface area (Å²) in [6, 6.07) is 2.79. The van der Waals surface area contributed by atoms with E-state index in [0.29, 0.717) is 16.3 Å². The van der Waals surface area contributed by atoms with E-state index in [1.807, 2.05) is 0 Å². The number of fused-ring (bicyclic) bond motifs is 1. The van der Waals surface area contributed by atoms with Gasteiger partial charge in [0.15, 0.2) is 0 Å². The van der Waals surface area contributed by atoms with Gasteiger partial charge in [0.05, 0.1) is 11.1 Å². The first kappa shape index (κ1) is 11.5. The Labute approximate surface area is 96.8 Å². The van der Waals surface area contributed by atoms with Crippen LogP contribution >= 0.6 is 15.9 Å². The van der Waals surface area contributed by atoms with Gasteiger partial charge in [0, 0.05) is 5.39 Å². The number of aliphatic hydroxyl groups is 1. The smallest absolute Gasteiger partial charge is 0.420 e. The zero-order valence-corrected chi connectivity index (χ0v) is 9.39. The summed E-state index contributed by atoms with van der Waals surface area (Å²) in [5.74, 6) is 0. The molecule has 0 bridgehead atoms. The van der Waals surface area contributed by atoms with Crippen molar-refractivity contribution < 1.29 is 22.7 Å². The molecule has 0 saturated heterocycles. The molecule has 1 heterocycles. The third-order valence-electron chi connectivity index (χ3n) is 2.18. The van der Waals surface area contributed by atoms with Crippen LogP contribution in [0.1, 0.15) is 11.1 Å². The molecule has 1 aromatic heterocycles. The predicted molar refractivity (Wildman–Crippen MR) is 54.8 cm³/mol. The Morgan fingerprint density at radius 1 is 1.31 bits per heavy atom. The predicted octanol–water partition coefficient (Wildman–Crippen LogP) is 3.71. The number of hydrogen-bond donors (Lipinski definition) is 1. The van der Waals surface area contributed by atoms with Gasteiger partial charge in [-0.25, -0.2) is 0 Å². The van der Waals surface area contributed by atoms with Crippen molar-refractivity contribution in [1.29, 1.82) is 0 Å². The topological polar surface area (TPSA) is 33.4 Å². The maximum absolute atomic E-state index is 12.6. The van der Waals surface area contributed by atoms with Gasteiger partial charge in [-0.05, 0) is 33.6 Å². The van der Waals surface area contributed by atoms with E-state index in [-0.39, 0.29) is 17.6 Å². The van der Waals surface area contributed by atoms with Gasteiger partial charge < -0.3 is 9.52 Å². The van der Waals surface area contributed by atoms with Crippen LogP contribution in [0.3, 0.4) is 0 Å². The van der Waals surface area contributed by atoms with Crippen molar-refractivity contribution in [2.45, 2.75) is 12.8 Å². The fraction of sp³-hybridized carbons (Fsp3) is 0.200. The third kappa shape index (κ3) is 1.82. The SMILES string of the molecule is OCc1cc(Br)c2occ(C(F)(F)F)c2c1. The number of furan rings is 1. The van der Waals surface area contributed by atoms with E-state index in [0.717, 1.165) is 0 Å². The molecule has 0 fully saturated rings. The van der Waals surface area contributed by atoms with Gasteiger partial charge in [0.1, 0.15) is 17.4 Å². The highest BCUT2D eigenvalue weighted by Crippen LogP contribution is 2.38. The Kier molecular flexibility index (Phi) is 2.71. The summed E-state index contributed by atoms with van der Waals surface area (Å²) >= 11 is 3.10. The molecule has 0 radical (unpaired) electrons. The Hall–Kier alpha value is -1.01. The standard InChI is InChI=1S/C10H6BrF3O2/c11-8-2-5(3-15)1-6-7(10(12,13)14)4-16-9(6)8/h1-2,4,15H,3H2. The summed E-state index contributed by atoms with van der Waals surface area (Å²) in [5.41, 5.74) is -0.311. The van der Waals surface area contributed by atoms with Crippen molar-refractivity contribution in [3.63, 3.8) is 0 Å². The zero-order chi connectivity index (χ0) is 11.9. The molecule has 0 saturated carbocycles. The molecule has 0 atom stereocenters. The second-order valence-electron chi connectivity index (χ2n) is 3.26. The molecule has 0 spiro atoms. The van der Waals surface area contributed by atoms with Gasteiger partial charge in [-0.1, -0.05) is 0 Å². The summed E-state index contributed by atoms with van der Waals surface area (Å²) < 4.78 is 43.0. The van der Waals surface area contributed by atoms with Gasteiger partial charge in [-0.15, -0.1) is 0 Å². The van der Waals surface area contributed by atoms with Gasteiger partial charge >= 0.3 is 6.18 Å². The summed E-state index contributed by atoms with van der Waals surface area (Å²) in [6.07, 6.45) is -3.78. The molecule has 16 heavy (non-hydrogen) atoms. The molecular formula is C10H6BrF3O2. The molecule has 0 amide bonds. The molecule has 0 aliphatic carbocycles. The van der Waals surface area contributed by atoms with Crippen LogP contribution in [0, 0.1) is 0 Å². The minimum absolute atomic E-state index is 0.0501. The van der Waals surface area contributed by atoms with Crippen LogP contribution in [0.25, 0.3) is 11.0 Å². The quantitative estimate of drug-likeness (QED) is 0.870. The van der Waals surface area contributed by atoms with Crippen molar-refractivity contribution in [2.24, 2.45) is 0 Å². The monoisotopic (exact) mass is 294 g/mol. The van der Waals surface area contributed by atoms with Crippen molar-refractivity contribution in [3.05, 3.63) is 34.0 Å². The fourth-order valence-electron chi connectivity index (χ4n) is 1.46. The van der Waals surface area contributed by atoms with Gasteiger partial charge in [0.25, 0.3) is 0 Å². The number of alkyl halides is 3. The largest absolute Gasteiger partial charge is 0.463 e. The number of hydrogen-bond acceptors (Lipinski definition) is 2. The van der Waals surface area contributed by atoms with Crippen molar-refractivity contribution in [3.8, 4) is 0 Å². The molecule has 86 valence electrons. The second-order valence-corrected chi connectivity index (χ2v) is 4.11. The van der Waals surface area contributed by atoms with Crippen LogP contribution in [0.15, 0.2) is 27.3 Å². The highest BCUT2D eigenvalue weighted by atomic mass is 79.9. The minimum atomic E-state index is -4.46. The maximum Gasteiger partial charge on any atom is 0.420 e. The van der Waals surface area contributed by atoms with Crippen molar-refractivity contribution >= 4 is 26.9 Å². The van der Waals surface area contributed by atoms with Crippen molar-refractivity contribution in [2.75, 3.05) is 0 Å². The molecule has 0 unspecified atom stereocenters. The maximum atomic E-state index is 12.6. The molecule has 2 aromatic rings. The van der Waals surface area contributed by atoms with E-state index in [1.54, 1.807) is 0 Å². The average molecular weight is 295 g/mol. The first-order valence-electron chi connectivity index (χ1n) is 4.31. The number of halogens is 4. The lowest BCUT2D eigenvalue weighted by atomic mass is 10.1. The van der Waals surface area contributed by atoms with Crippen LogP contribution in [0.2, 0.25) is 0 Å². The fourth-order valence-corrected chi connectivity index (χ4v) is 2.06. The van der Waals surface area contributed by atoms with E-state index < -0.39 is 11.7 Å². The van der Waals surface area contributed by atoms with E-state index in [4.69, 9.17) is 9.52 Å². The number of benzene rings is 1. The van der Waals surface area contributed by atoms with Crippen LogP contribution in [0.4, 0.5) is 13.2 Å². The molecule has 6 heteroatoms. The van der Waals surface area contributed by atoms with E-state index in [1.165, 1.54) is 12.1 Å². The average Bonchev–Trinajstić information content (AvgIpc) is 2.60. The normalized spacial score (nSPS) is 12.3. The van der Waals surface area contributed by atoms with E-state index in [9.17, 15) is 13.2 Å².